The van der Waals surface area contributed by atoms with Gasteiger partial charge < -0.3 is 10.6 Å². The average Bonchev–Trinajstić information content (AvgIpc) is 2.35. The number of nitriles is 1. The zero-order chi connectivity index (χ0) is 13.5. The highest BCUT2D eigenvalue weighted by molar-refractivity contribution is 5.32. The van der Waals surface area contributed by atoms with Gasteiger partial charge in [-0.3, -0.25) is 0 Å². The second-order valence-corrected chi connectivity index (χ2v) is 5.25. The van der Waals surface area contributed by atoms with Gasteiger partial charge in [0.2, 0.25) is 0 Å². The van der Waals surface area contributed by atoms with Crippen LogP contribution in [0.15, 0.2) is 24.3 Å². The molecule has 3 heteroatoms. The molecule has 0 aliphatic heterocycles. The highest BCUT2D eigenvalue weighted by Crippen LogP contribution is 2.13. The zero-order valence-electron chi connectivity index (χ0n) is 11.6. The molecule has 0 heterocycles. The maximum atomic E-state index is 8.87. The minimum Gasteiger partial charge on any atom is -0.330 e. The van der Waals surface area contributed by atoms with Gasteiger partial charge in [0.15, 0.2) is 0 Å². The van der Waals surface area contributed by atoms with Crippen molar-refractivity contribution in [1.29, 1.82) is 5.26 Å². The van der Waals surface area contributed by atoms with Gasteiger partial charge >= 0.3 is 0 Å². The van der Waals surface area contributed by atoms with Crippen molar-refractivity contribution in [3.8, 4) is 6.07 Å². The Morgan fingerprint density at radius 2 is 2.11 bits per heavy atom. The van der Waals surface area contributed by atoms with Gasteiger partial charge in [-0.15, -0.1) is 0 Å². The van der Waals surface area contributed by atoms with Crippen molar-refractivity contribution >= 4 is 0 Å². The van der Waals surface area contributed by atoms with Crippen molar-refractivity contribution in [3.05, 3.63) is 35.4 Å². The normalized spacial score (nSPS) is 12.7. The third kappa shape index (κ3) is 4.48. The smallest absolute Gasteiger partial charge is 0.0991 e. The third-order valence-electron chi connectivity index (χ3n) is 3.30. The van der Waals surface area contributed by atoms with E-state index in [9.17, 15) is 0 Å². The fraction of sp³-hybridized carbons (Fsp3) is 0.533. The number of hydrogen-bond donors (Lipinski definition) is 1. The molecule has 0 bridgehead atoms. The molecule has 1 aromatic carbocycles. The summed E-state index contributed by atoms with van der Waals surface area (Å²) in [5, 5.41) is 8.87. The van der Waals surface area contributed by atoms with E-state index in [1.807, 2.05) is 18.2 Å². The van der Waals surface area contributed by atoms with Crippen LogP contribution in [0.2, 0.25) is 0 Å². The quantitative estimate of drug-likeness (QED) is 0.836. The van der Waals surface area contributed by atoms with Crippen LogP contribution in [-0.4, -0.2) is 25.0 Å². The first-order valence-corrected chi connectivity index (χ1v) is 6.44. The Morgan fingerprint density at radius 3 is 2.67 bits per heavy atom. The molecule has 0 aromatic heterocycles. The van der Waals surface area contributed by atoms with E-state index in [0.29, 0.717) is 11.8 Å². The van der Waals surface area contributed by atoms with Crippen molar-refractivity contribution < 1.29 is 0 Å². The number of rotatable bonds is 6. The van der Waals surface area contributed by atoms with Crippen LogP contribution in [0.1, 0.15) is 25.0 Å². The summed E-state index contributed by atoms with van der Waals surface area (Å²) < 4.78 is 0. The molecule has 0 spiro atoms. The number of hydrogen-bond acceptors (Lipinski definition) is 3. The Labute approximate surface area is 110 Å². The maximum Gasteiger partial charge on any atom is 0.0991 e. The van der Waals surface area contributed by atoms with Gasteiger partial charge in [0.1, 0.15) is 0 Å². The second-order valence-electron chi connectivity index (χ2n) is 5.25. The Morgan fingerprint density at radius 1 is 1.39 bits per heavy atom. The Kier molecular flexibility index (Phi) is 5.84. The molecule has 3 nitrogen and oxygen atoms in total. The summed E-state index contributed by atoms with van der Waals surface area (Å²) in [7, 11) is 2.10. The molecule has 98 valence electrons. The molecule has 1 aromatic rings. The molecule has 1 atom stereocenters. The molecule has 0 aliphatic rings. The van der Waals surface area contributed by atoms with Gasteiger partial charge in [-0.2, -0.15) is 5.26 Å². The summed E-state index contributed by atoms with van der Waals surface area (Å²) in [5.41, 5.74) is 7.69. The Balaban J connectivity index is 2.58. The first-order chi connectivity index (χ1) is 8.56. The van der Waals surface area contributed by atoms with Crippen LogP contribution in [0, 0.1) is 23.2 Å². The molecule has 2 N–H and O–H groups in total. The lowest BCUT2D eigenvalue weighted by atomic mass is 9.95. The molecule has 0 aliphatic carbocycles. The summed E-state index contributed by atoms with van der Waals surface area (Å²) in [6.07, 6.45) is 0. The molecule has 0 saturated carbocycles. The van der Waals surface area contributed by atoms with Gasteiger partial charge in [-0.05, 0) is 43.1 Å². The number of nitrogens with two attached hydrogens (primary N) is 1. The number of benzene rings is 1. The zero-order valence-corrected chi connectivity index (χ0v) is 11.6. The van der Waals surface area contributed by atoms with Crippen molar-refractivity contribution in [3.63, 3.8) is 0 Å². The van der Waals surface area contributed by atoms with Crippen molar-refractivity contribution in [2.45, 2.75) is 20.4 Å². The van der Waals surface area contributed by atoms with Crippen molar-refractivity contribution in [1.82, 2.24) is 4.90 Å². The van der Waals surface area contributed by atoms with Crippen molar-refractivity contribution in [2.75, 3.05) is 20.1 Å². The fourth-order valence-electron chi connectivity index (χ4n) is 2.07. The molecular weight excluding hydrogens is 222 g/mol. The van der Waals surface area contributed by atoms with Gasteiger partial charge in [0.05, 0.1) is 11.6 Å². The van der Waals surface area contributed by atoms with Crippen molar-refractivity contribution in [2.24, 2.45) is 17.6 Å². The number of nitrogens with zero attached hydrogens (tertiary/aromatic N) is 2. The van der Waals surface area contributed by atoms with Crippen LogP contribution < -0.4 is 5.73 Å². The minimum absolute atomic E-state index is 0.522. The molecule has 1 rings (SSSR count). The standard InChI is InChI=1S/C15H23N3/c1-12(2)15(9-17)11-18(3)10-14-6-4-5-13(7-14)8-16/h4-7,12,15H,9-11,17H2,1-3H3. The van der Waals surface area contributed by atoms with E-state index in [2.05, 4.69) is 37.9 Å². The summed E-state index contributed by atoms with van der Waals surface area (Å²) in [6, 6.07) is 9.95. The summed E-state index contributed by atoms with van der Waals surface area (Å²) >= 11 is 0. The summed E-state index contributed by atoms with van der Waals surface area (Å²) in [5.74, 6) is 1.12. The lowest BCUT2D eigenvalue weighted by Gasteiger charge is -2.25. The molecule has 0 radical (unpaired) electrons. The highest BCUT2D eigenvalue weighted by Gasteiger charge is 2.14. The van der Waals surface area contributed by atoms with E-state index in [1.54, 1.807) is 0 Å². The second kappa shape index (κ2) is 7.15. The van der Waals surface area contributed by atoms with Gasteiger partial charge in [-0.25, -0.2) is 0 Å². The minimum atomic E-state index is 0.522. The van der Waals surface area contributed by atoms with Crippen LogP contribution in [0.5, 0.6) is 0 Å². The largest absolute Gasteiger partial charge is 0.330 e. The van der Waals surface area contributed by atoms with Crippen LogP contribution in [-0.2, 0) is 6.54 Å². The predicted molar refractivity (Wildman–Crippen MR) is 74.9 cm³/mol. The summed E-state index contributed by atoms with van der Waals surface area (Å²) in [4.78, 5) is 2.27. The maximum absolute atomic E-state index is 8.87. The Hall–Kier alpha value is -1.37. The topological polar surface area (TPSA) is 53.0 Å². The molecule has 18 heavy (non-hydrogen) atoms. The van der Waals surface area contributed by atoms with Gasteiger partial charge in [0, 0.05) is 13.1 Å². The molecule has 0 saturated heterocycles. The highest BCUT2D eigenvalue weighted by atomic mass is 15.1. The van der Waals surface area contributed by atoms with Crippen LogP contribution >= 0.6 is 0 Å². The molecular formula is C15H23N3. The first-order valence-electron chi connectivity index (χ1n) is 6.44. The third-order valence-corrected chi connectivity index (χ3v) is 3.30. The van der Waals surface area contributed by atoms with E-state index in [-0.39, 0.29) is 0 Å². The van der Waals surface area contributed by atoms with E-state index in [4.69, 9.17) is 11.0 Å². The van der Waals surface area contributed by atoms with Crippen LogP contribution in [0.4, 0.5) is 0 Å². The fourth-order valence-corrected chi connectivity index (χ4v) is 2.07. The van der Waals surface area contributed by atoms with Gasteiger partial charge in [0.25, 0.3) is 0 Å². The van der Waals surface area contributed by atoms with E-state index < -0.39 is 0 Å². The lowest BCUT2D eigenvalue weighted by molar-refractivity contribution is 0.234. The van der Waals surface area contributed by atoms with Crippen LogP contribution in [0.25, 0.3) is 0 Å². The predicted octanol–water partition coefficient (Wildman–Crippen LogP) is 2.22. The van der Waals surface area contributed by atoms with E-state index >= 15 is 0 Å². The lowest BCUT2D eigenvalue weighted by Crippen LogP contribution is -2.32. The SMILES string of the molecule is CC(C)C(CN)CN(C)Cc1cccc(C#N)c1. The molecule has 0 amide bonds. The van der Waals surface area contributed by atoms with E-state index in [0.717, 1.165) is 25.2 Å². The molecule has 1 unspecified atom stereocenters. The van der Waals surface area contributed by atoms with Crippen LogP contribution in [0.3, 0.4) is 0 Å². The molecule has 0 fully saturated rings. The van der Waals surface area contributed by atoms with Gasteiger partial charge in [-0.1, -0.05) is 26.0 Å². The average molecular weight is 245 g/mol. The Bertz CT molecular complexity index is 406. The monoisotopic (exact) mass is 245 g/mol. The first kappa shape index (κ1) is 14.7. The summed E-state index contributed by atoms with van der Waals surface area (Å²) in [6.45, 7) is 6.99. The van der Waals surface area contributed by atoms with E-state index in [1.165, 1.54) is 5.56 Å².